The van der Waals surface area contributed by atoms with Gasteiger partial charge in [-0.15, -0.1) is 0 Å². The number of carbonyl (C=O) groups excluding carboxylic acids is 2. The van der Waals surface area contributed by atoms with E-state index in [9.17, 15) is 9.59 Å². The predicted octanol–water partition coefficient (Wildman–Crippen LogP) is 1.52. The lowest BCUT2D eigenvalue weighted by atomic mass is 9.98. The topological polar surface area (TPSA) is 67.9 Å². The summed E-state index contributed by atoms with van der Waals surface area (Å²) in [6.45, 7) is 1.65. The molecule has 0 unspecified atom stereocenters. The van der Waals surface area contributed by atoms with Gasteiger partial charge in [-0.1, -0.05) is 6.07 Å². The number of piperidine rings is 1. The molecule has 2 rings (SSSR count). The maximum Gasteiger partial charge on any atom is 0.309 e. The molecule has 1 aliphatic heterocycles. The van der Waals surface area contributed by atoms with Gasteiger partial charge < -0.3 is 14.8 Å². The van der Waals surface area contributed by atoms with Crippen molar-refractivity contribution in [1.82, 2.24) is 4.90 Å². The second-order valence-electron chi connectivity index (χ2n) is 5.38. The molecule has 1 heterocycles. The fourth-order valence-electron chi connectivity index (χ4n) is 2.66. The third-order valence-electron chi connectivity index (χ3n) is 3.76. The maximum absolute atomic E-state index is 12.1. The van der Waals surface area contributed by atoms with Crippen molar-refractivity contribution < 1.29 is 19.1 Å². The number of nitrogens with one attached hydrogen (secondary N) is 1. The van der Waals surface area contributed by atoms with Gasteiger partial charge >= 0.3 is 5.97 Å². The number of carbonyl (C=O) groups is 2. The smallest absolute Gasteiger partial charge is 0.309 e. The average Bonchev–Trinajstić information content (AvgIpc) is 2.54. The van der Waals surface area contributed by atoms with Crippen LogP contribution in [0.2, 0.25) is 0 Å². The fraction of sp³-hybridized carbons (Fsp3) is 0.500. The fourth-order valence-corrected chi connectivity index (χ4v) is 2.66. The van der Waals surface area contributed by atoms with Gasteiger partial charge in [-0.25, -0.2) is 0 Å². The Labute approximate surface area is 130 Å². The van der Waals surface area contributed by atoms with Crippen molar-refractivity contribution in [3.63, 3.8) is 0 Å². The second kappa shape index (κ2) is 7.79. The number of ether oxygens (including phenoxy) is 2. The van der Waals surface area contributed by atoms with Crippen molar-refractivity contribution in [2.24, 2.45) is 5.92 Å². The third kappa shape index (κ3) is 4.46. The molecule has 0 bridgehead atoms. The first-order valence-electron chi connectivity index (χ1n) is 7.36. The molecule has 1 aliphatic rings. The average molecular weight is 306 g/mol. The van der Waals surface area contributed by atoms with E-state index in [0.29, 0.717) is 18.0 Å². The molecular weight excluding hydrogens is 284 g/mol. The zero-order valence-corrected chi connectivity index (χ0v) is 13.0. The van der Waals surface area contributed by atoms with E-state index in [1.165, 1.54) is 7.11 Å². The van der Waals surface area contributed by atoms with Crippen LogP contribution in [0.4, 0.5) is 5.69 Å². The van der Waals surface area contributed by atoms with Crippen LogP contribution < -0.4 is 10.1 Å². The highest BCUT2D eigenvalue weighted by Crippen LogP contribution is 2.19. The van der Waals surface area contributed by atoms with Gasteiger partial charge in [-0.2, -0.15) is 0 Å². The van der Waals surface area contributed by atoms with Crippen LogP contribution in [0.25, 0.3) is 0 Å². The SMILES string of the molecule is COC(=O)[C@H]1CCCN(CC(=O)Nc2cccc(OC)c2)C1. The van der Waals surface area contributed by atoms with Crippen molar-refractivity contribution in [2.45, 2.75) is 12.8 Å². The minimum Gasteiger partial charge on any atom is -0.497 e. The number of rotatable bonds is 5. The monoisotopic (exact) mass is 306 g/mol. The zero-order chi connectivity index (χ0) is 15.9. The van der Waals surface area contributed by atoms with Gasteiger partial charge in [0.05, 0.1) is 26.7 Å². The number of anilines is 1. The Morgan fingerprint density at radius 2 is 2.18 bits per heavy atom. The Morgan fingerprint density at radius 1 is 1.36 bits per heavy atom. The first-order valence-corrected chi connectivity index (χ1v) is 7.36. The Hall–Kier alpha value is -2.08. The zero-order valence-electron chi connectivity index (χ0n) is 13.0. The van der Waals surface area contributed by atoms with E-state index >= 15 is 0 Å². The summed E-state index contributed by atoms with van der Waals surface area (Å²) < 4.78 is 9.91. The molecule has 6 nitrogen and oxygen atoms in total. The Bertz CT molecular complexity index is 533. The quantitative estimate of drug-likeness (QED) is 0.835. The summed E-state index contributed by atoms with van der Waals surface area (Å²) in [5.74, 6) is 0.265. The largest absolute Gasteiger partial charge is 0.497 e. The van der Waals surface area contributed by atoms with Gasteiger partial charge in [0.25, 0.3) is 0 Å². The van der Waals surface area contributed by atoms with Gasteiger partial charge in [0.15, 0.2) is 0 Å². The number of methoxy groups -OCH3 is 2. The van der Waals surface area contributed by atoms with Crippen molar-refractivity contribution in [1.29, 1.82) is 0 Å². The van der Waals surface area contributed by atoms with E-state index in [-0.39, 0.29) is 24.3 Å². The first-order chi connectivity index (χ1) is 10.6. The summed E-state index contributed by atoms with van der Waals surface area (Å²) in [6.07, 6.45) is 1.72. The molecule has 120 valence electrons. The molecule has 1 aromatic rings. The summed E-state index contributed by atoms with van der Waals surface area (Å²) >= 11 is 0. The van der Waals surface area contributed by atoms with Gasteiger partial charge in [-0.3, -0.25) is 14.5 Å². The number of likely N-dealkylation sites (tertiary alicyclic amines) is 1. The second-order valence-corrected chi connectivity index (χ2v) is 5.38. The molecule has 1 N–H and O–H groups in total. The predicted molar refractivity (Wildman–Crippen MR) is 82.8 cm³/mol. The molecule has 0 aliphatic carbocycles. The van der Waals surface area contributed by atoms with E-state index in [0.717, 1.165) is 19.4 Å². The van der Waals surface area contributed by atoms with Gasteiger partial charge in [0, 0.05) is 18.3 Å². The molecule has 6 heteroatoms. The Kier molecular flexibility index (Phi) is 5.77. The number of amides is 1. The van der Waals surface area contributed by atoms with E-state index in [1.807, 2.05) is 23.1 Å². The molecule has 1 atom stereocenters. The summed E-state index contributed by atoms with van der Waals surface area (Å²) in [5.41, 5.74) is 0.700. The number of esters is 1. The first kappa shape index (κ1) is 16.3. The van der Waals surface area contributed by atoms with Crippen LogP contribution in [-0.4, -0.2) is 50.6 Å². The molecule has 1 fully saturated rings. The minimum absolute atomic E-state index is 0.0984. The maximum atomic E-state index is 12.1. The summed E-state index contributed by atoms with van der Waals surface area (Å²) in [4.78, 5) is 25.7. The number of hydrogen-bond donors (Lipinski definition) is 1. The molecule has 0 aromatic heterocycles. The van der Waals surface area contributed by atoms with Gasteiger partial charge in [-0.05, 0) is 31.5 Å². The lowest BCUT2D eigenvalue weighted by molar-refractivity contribution is -0.147. The van der Waals surface area contributed by atoms with E-state index in [1.54, 1.807) is 13.2 Å². The van der Waals surface area contributed by atoms with Crippen molar-refractivity contribution >= 4 is 17.6 Å². The molecule has 0 radical (unpaired) electrons. The normalized spacial score (nSPS) is 18.5. The summed E-state index contributed by atoms with van der Waals surface area (Å²) in [5, 5.41) is 2.85. The Balaban J connectivity index is 1.87. The molecule has 1 amide bonds. The number of hydrogen-bond acceptors (Lipinski definition) is 5. The summed E-state index contributed by atoms with van der Waals surface area (Å²) in [6, 6.07) is 7.23. The molecule has 0 saturated carbocycles. The number of nitrogens with zero attached hydrogens (tertiary/aromatic N) is 1. The van der Waals surface area contributed by atoms with Crippen LogP contribution in [0.3, 0.4) is 0 Å². The number of benzene rings is 1. The van der Waals surface area contributed by atoms with Crippen LogP contribution in [0.5, 0.6) is 5.75 Å². The molecule has 1 saturated heterocycles. The van der Waals surface area contributed by atoms with E-state index in [4.69, 9.17) is 9.47 Å². The highest BCUT2D eigenvalue weighted by atomic mass is 16.5. The highest BCUT2D eigenvalue weighted by Gasteiger charge is 2.27. The Morgan fingerprint density at radius 3 is 2.91 bits per heavy atom. The van der Waals surface area contributed by atoms with Crippen LogP contribution in [0.1, 0.15) is 12.8 Å². The molecule has 0 spiro atoms. The lowest BCUT2D eigenvalue weighted by Crippen LogP contribution is -2.42. The summed E-state index contributed by atoms with van der Waals surface area (Å²) in [7, 11) is 2.98. The van der Waals surface area contributed by atoms with E-state index < -0.39 is 0 Å². The van der Waals surface area contributed by atoms with Crippen LogP contribution >= 0.6 is 0 Å². The van der Waals surface area contributed by atoms with E-state index in [2.05, 4.69) is 5.32 Å². The highest BCUT2D eigenvalue weighted by molar-refractivity contribution is 5.92. The van der Waals surface area contributed by atoms with Gasteiger partial charge in [0.1, 0.15) is 5.75 Å². The molecular formula is C16H22N2O4. The molecule has 1 aromatic carbocycles. The molecule has 22 heavy (non-hydrogen) atoms. The van der Waals surface area contributed by atoms with Crippen molar-refractivity contribution in [2.75, 3.05) is 39.2 Å². The lowest BCUT2D eigenvalue weighted by Gasteiger charge is -2.30. The van der Waals surface area contributed by atoms with Crippen LogP contribution in [-0.2, 0) is 14.3 Å². The third-order valence-corrected chi connectivity index (χ3v) is 3.76. The van der Waals surface area contributed by atoms with Crippen LogP contribution in [0, 0.1) is 5.92 Å². The van der Waals surface area contributed by atoms with Crippen molar-refractivity contribution in [3.05, 3.63) is 24.3 Å². The van der Waals surface area contributed by atoms with Gasteiger partial charge in [0.2, 0.25) is 5.91 Å². The standard InChI is InChI=1S/C16H22N2O4/c1-21-14-7-3-6-13(9-14)17-15(19)11-18-8-4-5-12(10-18)16(20)22-2/h3,6-7,9,12H,4-5,8,10-11H2,1-2H3,(H,17,19)/t12-/m0/s1. The minimum atomic E-state index is -0.196. The van der Waals surface area contributed by atoms with Crippen LogP contribution in [0.15, 0.2) is 24.3 Å². The van der Waals surface area contributed by atoms with Crippen molar-refractivity contribution in [3.8, 4) is 5.75 Å².